The lowest BCUT2D eigenvalue weighted by atomic mass is 10.2. The number of nitro groups is 1. The highest BCUT2D eigenvalue weighted by Crippen LogP contribution is 2.10. The molecule has 1 atom stereocenters. The summed E-state index contributed by atoms with van der Waals surface area (Å²) in [6.07, 6.45) is 1.89. The number of nitrogens with zero attached hydrogens (tertiary/aromatic N) is 2. The van der Waals surface area contributed by atoms with E-state index in [0.717, 1.165) is 23.5 Å². The molecule has 1 unspecified atom stereocenters. The Morgan fingerprint density at radius 3 is 2.95 bits per heavy atom. The van der Waals surface area contributed by atoms with Crippen molar-refractivity contribution in [3.8, 4) is 0 Å². The minimum Gasteiger partial charge on any atom is -0.376 e. The smallest absolute Gasteiger partial charge is 0.334 e. The molecule has 0 spiro atoms. The predicted molar refractivity (Wildman–Crippen MR) is 74.1 cm³/mol. The molecule has 1 amide bonds. The zero-order valence-corrected chi connectivity index (χ0v) is 11.7. The van der Waals surface area contributed by atoms with Crippen LogP contribution in [-0.2, 0) is 16.1 Å². The average molecular weight is 295 g/mol. The first-order valence-electron chi connectivity index (χ1n) is 6.72. The highest BCUT2D eigenvalue weighted by Gasteiger charge is 2.19. The lowest BCUT2D eigenvalue weighted by molar-refractivity contribution is -0.386. The summed E-state index contributed by atoms with van der Waals surface area (Å²) in [4.78, 5) is 33.8. The van der Waals surface area contributed by atoms with Crippen LogP contribution >= 0.6 is 0 Å². The molecule has 1 aliphatic heterocycles. The molecule has 0 radical (unpaired) electrons. The van der Waals surface area contributed by atoms with Gasteiger partial charge in [0, 0.05) is 24.9 Å². The van der Waals surface area contributed by atoms with Crippen molar-refractivity contribution in [3.05, 3.63) is 38.3 Å². The fourth-order valence-corrected chi connectivity index (χ4v) is 2.23. The zero-order valence-electron chi connectivity index (χ0n) is 11.7. The van der Waals surface area contributed by atoms with Gasteiger partial charge in [0.25, 0.3) is 0 Å². The van der Waals surface area contributed by atoms with Gasteiger partial charge in [-0.05, 0) is 25.8 Å². The molecule has 1 saturated heterocycles. The molecule has 1 aromatic heterocycles. The van der Waals surface area contributed by atoms with E-state index in [4.69, 9.17) is 4.74 Å². The minimum atomic E-state index is -0.771. The van der Waals surface area contributed by atoms with Gasteiger partial charge < -0.3 is 10.1 Å². The van der Waals surface area contributed by atoms with Gasteiger partial charge in [0.1, 0.15) is 6.54 Å². The maximum atomic E-state index is 11.9. The van der Waals surface area contributed by atoms with Gasteiger partial charge in [-0.2, -0.15) is 0 Å². The molecular formula is C13H17N3O5. The summed E-state index contributed by atoms with van der Waals surface area (Å²) in [5, 5.41) is 13.4. The molecule has 0 aliphatic carbocycles. The second-order valence-electron chi connectivity index (χ2n) is 4.95. The third kappa shape index (κ3) is 3.66. The van der Waals surface area contributed by atoms with E-state index >= 15 is 0 Å². The molecule has 8 heteroatoms. The van der Waals surface area contributed by atoms with Crippen LogP contribution in [0.1, 0.15) is 18.5 Å². The number of hydrogen-bond acceptors (Lipinski definition) is 5. The summed E-state index contributed by atoms with van der Waals surface area (Å²) < 4.78 is 6.48. The number of carbonyl (C=O) groups excluding carboxylic acids is 1. The van der Waals surface area contributed by atoms with Crippen LogP contribution in [0.4, 0.5) is 5.69 Å². The number of ether oxygens (including phenoxy) is 1. The molecule has 0 saturated carbocycles. The van der Waals surface area contributed by atoms with Crippen molar-refractivity contribution in [3.63, 3.8) is 0 Å². The average Bonchev–Trinajstić information content (AvgIpc) is 2.94. The Labute approximate surface area is 120 Å². The molecule has 1 N–H and O–H groups in total. The van der Waals surface area contributed by atoms with E-state index in [9.17, 15) is 19.7 Å². The fraction of sp³-hybridized carbons (Fsp3) is 0.538. The standard InChI is InChI=1S/C13H17N3O5/c1-9-4-5-11(16(19)20)13(18)15(9)8-12(17)14-7-10-3-2-6-21-10/h4-5,10H,2-3,6-8H2,1H3,(H,14,17). The number of rotatable bonds is 5. The lowest BCUT2D eigenvalue weighted by Gasteiger charge is -2.12. The number of carbonyl (C=O) groups is 1. The minimum absolute atomic E-state index is 0.0110. The van der Waals surface area contributed by atoms with Gasteiger partial charge >= 0.3 is 11.2 Å². The van der Waals surface area contributed by atoms with E-state index in [0.29, 0.717) is 18.8 Å². The van der Waals surface area contributed by atoms with Crippen molar-refractivity contribution < 1.29 is 14.5 Å². The quantitative estimate of drug-likeness (QED) is 0.624. The molecule has 1 aliphatic rings. The molecule has 2 rings (SSSR count). The Kier molecular flexibility index (Phi) is 4.69. The SMILES string of the molecule is Cc1ccc([N+](=O)[O-])c(=O)n1CC(=O)NCC1CCCO1. The summed E-state index contributed by atoms with van der Waals surface area (Å²) >= 11 is 0. The summed E-state index contributed by atoms with van der Waals surface area (Å²) in [5.74, 6) is -0.365. The molecular weight excluding hydrogens is 278 g/mol. The molecule has 0 bridgehead atoms. The normalized spacial score (nSPS) is 17.7. The summed E-state index contributed by atoms with van der Waals surface area (Å²) in [6.45, 7) is 2.48. The van der Waals surface area contributed by atoms with Crippen LogP contribution < -0.4 is 10.9 Å². The first-order chi connectivity index (χ1) is 9.99. The number of pyridine rings is 1. The van der Waals surface area contributed by atoms with Crippen LogP contribution in [0.25, 0.3) is 0 Å². The topological polar surface area (TPSA) is 103 Å². The molecule has 8 nitrogen and oxygen atoms in total. The summed E-state index contributed by atoms with van der Waals surface area (Å²) in [7, 11) is 0. The number of nitrogens with one attached hydrogen (secondary N) is 1. The third-order valence-electron chi connectivity index (χ3n) is 3.42. The van der Waals surface area contributed by atoms with Gasteiger partial charge in [0.2, 0.25) is 5.91 Å². The van der Waals surface area contributed by atoms with Crippen LogP contribution in [0.15, 0.2) is 16.9 Å². The number of aromatic nitrogens is 1. The van der Waals surface area contributed by atoms with Crippen molar-refractivity contribution in [1.82, 2.24) is 9.88 Å². The molecule has 2 heterocycles. The maximum Gasteiger partial charge on any atom is 0.334 e. The van der Waals surface area contributed by atoms with E-state index < -0.39 is 16.2 Å². The zero-order chi connectivity index (χ0) is 15.4. The molecule has 114 valence electrons. The van der Waals surface area contributed by atoms with E-state index in [1.54, 1.807) is 6.92 Å². The first-order valence-corrected chi connectivity index (χ1v) is 6.72. The van der Waals surface area contributed by atoms with E-state index in [1.807, 2.05) is 0 Å². The largest absolute Gasteiger partial charge is 0.376 e. The van der Waals surface area contributed by atoms with Crippen molar-refractivity contribution in [1.29, 1.82) is 0 Å². The highest BCUT2D eigenvalue weighted by atomic mass is 16.6. The molecule has 1 fully saturated rings. The Morgan fingerprint density at radius 1 is 1.57 bits per heavy atom. The van der Waals surface area contributed by atoms with Gasteiger partial charge in [0.05, 0.1) is 11.0 Å². The monoisotopic (exact) mass is 295 g/mol. The van der Waals surface area contributed by atoms with E-state index in [-0.39, 0.29) is 18.6 Å². The number of aryl methyl sites for hydroxylation is 1. The van der Waals surface area contributed by atoms with E-state index in [2.05, 4.69) is 5.32 Å². The summed E-state index contributed by atoms with van der Waals surface area (Å²) in [5.41, 5.74) is -0.808. The van der Waals surface area contributed by atoms with Gasteiger partial charge in [0.15, 0.2) is 0 Å². The number of amides is 1. The van der Waals surface area contributed by atoms with Crippen molar-refractivity contribution in [2.45, 2.75) is 32.4 Å². The van der Waals surface area contributed by atoms with Gasteiger partial charge in [-0.25, -0.2) is 0 Å². The van der Waals surface area contributed by atoms with Crippen LogP contribution in [0, 0.1) is 17.0 Å². The second kappa shape index (κ2) is 6.49. The Bertz CT molecular complexity index is 604. The van der Waals surface area contributed by atoms with Crippen LogP contribution in [0.5, 0.6) is 0 Å². The van der Waals surface area contributed by atoms with Crippen LogP contribution in [-0.4, -0.2) is 34.7 Å². The maximum absolute atomic E-state index is 11.9. The first kappa shape index (κ1) is 15.2. The van der Waals surface area contributed by atoms with Gasteiger partial charge in [-0.1, -0.05) is 0 Å². The Hall–Kier alpha value is -2.22. The molecule has 21 heavy (non-hydrogen) atoms. The van der Waals surface area contributed by atoms with Crippen LogP contribution in [0.2, 0.25) is 0 Å². The Balaban J connectivity index is 2.04. The third-order valence-corrected chi connectivity index (χ3v) is 3.42. The van der Waals surface area contributed by atoms with Crippen molar-refractivity contribution >= 4 is 11.6 Å². The van der Waals surface area contributed by atoms with E-state index in [1.165, 1.54) is 6.07 Å². The number of hydrogen-bond donors (Lipinski definition) is 1. The van der Waals surface area contributed by atoms with Gasteiger partial charge in [-0.15, -0.1) is 0 Å². The Morgan fingerprint density at radius 2 is 2.33 bits per heavy atom. The van der Waals surface area contributed by atoms with Crippen molar-refractivity contribution in [2.24, 2.45) is 0 Å². The molecule has 0 aromatic carbocycles. The van der Waals surface area contributed by atoms with Gasteiger partial charge in [-0.3, -0.25) is 24.3 Å². The predicted octanol–water partition coefficient (Wildman–Crippen LogP) is 0.360. The summed E-state index contributed by atoms with van der Waals surface area (Å²) in [6, 6.07) is 2.60. The van der Waals surface area contributed by atoms with Crippen LogP contribution in [0.3, 0.4) is 0 Å². The molecule has 1 aromatic rings. The lowest BCUT2D eigenvalue weighted by Crippen LogP contribution is -2.37. The van der Waals surface area contributed by atoms with Crippen molar-refractivity contribution in [2.75, 3.05) is 13.2 Å². The second-order valence-corrected chi connectivity index (χ2v) is 4.95. The highest BCUT2D eigenvalue weighted by molar-refractivity contribution is 5.75. The fourth-order valence-electron chi connectivity index (χ4n) is 2.23.